The zero-order valence-corrected chi connectivity index (χ0v) is 12.2. The molecule has 1 fully saturated rings. The SMILES string of the molecule is Clc1ccc2nc(CCCNC3CCCOC3)[nH]c2c1. The minimum Gasteiger partial charge on any atom is -0.380 e. The van der Waals surface area contributed by atoms with E-state index in [-0.39, 0.29) is 0 Å². The summed E-state index contributed by atoms with van der Waals surface area (Å²) in [5.41, 5.74) is 2.00. The van der Waals surface area contributed by atoms with Gasteiger partial charge >= 0.3 is 0 Å². The van der Waals surface area contributed by atoms with Gasteiger partial charge < -0.3 is 15.0 Å². The number of ether oxygens (including phenoxy) is 1. The Kier molecular flexibility index (Phi) is 4.55. The number of imidazole rings is 1. The van der Waals surface area contributed by atoms with Crippen molar-refractivity contribution in [3.05, 3.63) is 29.0 Å². The molecule has 0 amide bonds. The van der Waals surface area contributed by atoms with Crippen LogP contribution in [0.5, 0.6) is 0 Å². The normalized spacial score (nSPS) is 19.6. The maximum Gasteiger partial charge on any atom is 0.107 e. The third-order valence-electron chi connectivity index (χ3n) is 3.68. The second-order valence-electron chi connectivity index (χ2n) is 5.32. The highest BCUT2D eigenvalue weighted by atomic mass is 35.5. The van der Waals surface area contributed by atoms with E-state index >= 15 is 0 Å². The lowest BCUT2D eigenvalue weighted by Gasteiger charge is -2.23. The van der Waals surface area contributed by atoms with Crippen molar-refractivity contribution in [2.45, 2.75) is 31.7 Å². The smallest absolute Gasteiger partial charge is 0.107 e. The Morgan fingerprint density at radius 2 is 2.40 bits per heavy atom. The van der Waals surface area contributed by atoms with Crippen molar-refractivity contribution in [1.82, 2.24) is 15.3 Å². The quantitative estimate of drug-likeness (QED) is 0.834. The van der Waals surface area contributed by atoms with E-state index in [1.165, 1.54) is 12.8 Å². The fourth-order valence-corrected chi connectivity index (χ4v) is 2.79. The number of hydrogen-bond donors (Lipinski definition) is 2. The molecule has 1 aromatic carbocycles. The van der Waals surface area contributed by atoms with Crippen molar-refractivity contribution in [2.75, 3.05) is 19.8 Å². The lowest BCUT2D eigenvalue weighted by atomic mass is 10.1. The molecule has 0 aliphatic carbocycles. The van der Waals surface area contributed by atoms with Gasteiger partial charge in [0, 0.05) is 24.1 Å². The number of fused-ring (bicyclic) bond motifs is 1. The first-order chi connectivity index (χ1) is 9.81. The maximum absolute atomic E-state index is 5.97. The molecule has 1 saturated heterocycles. The third kappa shape index (κ3) is 3.51. The molecule has 1 aliphatic heterocycles. The molecule has 4 nitrogen and oxygen atoms in total. The minimum absolute atomic E-state index is 0.526. The third-order valence-corrected chi connectivity index (χ3v) is 3.91. The minimum atomic E-state index is 0.526. The van der Waals surface area contributed by atoms with E-state index in [0.29, 0.717) is 6.04 Å². The van der Waals surface area contributed by atoms with Crippen LogP contribution in [0.25, 0.3) is 11.0 Å². The molecule has 1 atom stereocenters. The predicted octanol–water partition coefficient (Wildman–Crippen LogP) is 2.92. The molecule has 1 unspecified atom stereocenters. The van der Waals surface area contributed by atoms with Crippen LogP contribution in [0.2, 0.25) is 5.02 Å². The summed E-state index contributed by atoms with van der Waals surface area (Å²) < 4.78 is 5.45. The van der Waals surface area contributed by atoms with Gasteiger partial charge in [-0.3, -0.25) is 0 Å². The number of H-pyrrole nitrogens is 1. The van der Waals surface area contributed by atoms with E-state index in [1.807, 2.05) is 18.2 Å². The van der Waals surface area contributed by atoms with E-state index in [4.69, 9.17) is 16.3 Å². The summed E-state index contributed by atoms with van der Waals surface area (Å²) in [6.07, 6.45) is 4.42. The number of aryl methyl sites for hydroxylation is 1. The number of hydrogen-bond acceptors (Lipinski definition) is 3. The number of aromatic amines is 1. The van der Waals surface area contributed by atoms with Gasteiger partial charge in [-0.1, -0.05) is 11.6 Å². The second kappa shape index (κ2) is 6.57. The molecule has 3 rings (SSSR count). The lowest BCUT2D eigenvalue weighted by molar-refractivity contribution is 0.0705. The zero-order chi connectivity index (χ0) is 13.8. The van der Waals surface area contributed by atoms with Crippen molar-refractivity contribution in [3.8, 4) is 0 Å². The number of aromatic nitrogens is 2. The van der Waals surface area contributed by atoms with E-state index in [1.54, 1.807) is 0 Å². The first kappa shape index (κ1) is 13.9. The van der Waals surface area contributed by atoms with Gasteiger partial charge in [0.15, 0.2) is 0 Å². The van der Waals surface area contributed by atoms with E-state index in [9.17, 15) is 0 Å². The Hall–Kier alpha value is -1.10. The Labute approximate surface area is 123 Å². The summed E-state index contributed by atoms with van der Waals surface area (Å²) in [6, 6.07) is 6.28. The van der Waals surface area contributed by atoms with Gasteiger partial charge in [0.25, 0.3) is 0 Å². The van der Waals surface area contributed by atoms with E-state index in [2.05, 4.69) is 15.3 Å². The van der Waals surface area contributed by atoms with Crippen LogP contribution < -0.4 is 5.32 Å². The number of nitrogens with zero attached hydrogens (tertiary/aromatic N) is 1. The molecule has 5 heteroatoms. The van der Waals surface area contributed by atoms with Crippen LogP contribution >= 0.6 is 11.6 Å². The van der Waals surface area contributed by atoms with Gasteiger partial charge in [0.1, 0.15) is 5.82 Å². The Morgan fingerprint density at radius 1 is 1.45 bits per heavy atom. The summed E-state index contributed by atoms with van der Waals surface area (Å²) in [6.45, 7) is 2.77. The monoisotopic (exact) mass is 293 g/mol. The van der Waals surface area contributed by atoms with Crippen LogP contribution in [0, 0.1) is 0 Å². The van der Waals surface area contributed by atoms with Crippen molar-refractivity contribution in [2.24, 2.45) is 0 Å². The highest BCUT2D eigenvalue weighted by Gasteiger charge is 2.12. The Balaban J connectivity index is 1.47. The van der Waals surface area contributed by atoms with Crippen LogP contribution in [0.1, 0.15) is 25.1 Å². The molecule has 0 radical (unpaired) electrons. The number of halogens is 1. The van der Waals surface area contributed by atoms with Crippen LogP contribution in [-0.2, 0) is 11.2 Å². The predicted molar refractivity (Wildman–Crippen MR) is 81.3 cm³/mol. The highest BCUT2D eigenvalue weighted by Crippen LogP contribution is 2.17. The highest BCUT2D eigenvalue weighted by molar-refractivity contribution is 6.31. The molecule has 20 heavy (non-hydrogen) atoms. The largest absolute Gasteiger partial charge is 0.380 e. The average molecular weight is 294 g/mol. The second-order valence-corrected chi connectivity index (χ2v) is 5.75. The molecule has 1 aliphatic rings. The summed E-state index contributed by atoms with van der Waals surface area (Å²) >= 11 is 5.97. The van der Waals surface area contributed by atoms with Crippen LogP contribution in [0.4, 0.5) is 0 Å². The van der Waals surface area contributed by atoms with Gasteiger partial charge in [0.2, 0.25) is 0 Å². The fraction of sp³-hybridized carbons (Fsp3) is 0.533. The first-order valence-corrected chi connectivity index (χ1v) is 7.64. The Morgan fingerprint density at radius 3 is 3.25 bits per heavy atom. The number of rotatable bonds is 5. The summed E-state index contributed by atoms with van der Waals surface area (Å²) in [5, 5.41) is 4.29. The van der Waals surface area contributed by atoms with Crippen molar-refractivity contribution in [3.63, 3.8) is 0 Å². The topological polar surface area (TPSA) is 49.9 Å². The molecular weight excluding hydrogens is 274 g/mol. The molecular formula is C15H20ClN3O. The average Bonchev–Trinajstić information content (AvgIpc) is 2.86. The summed E-state index contributed by atoms with van der Waals surface area (Å²) in [4.78, 5) is 7.90. The molecule has 1 aromatic heterocycles. The van der Waals surface area contributed by atoms with Gasteiger partial charge in [-0.05, 0) is 44.0 Å². The van der Waals surface area contributed by atoms with Crippen LogP contribution in [0.3, 0.4) is 0 Å². The fourth-order valence-electron chi connectivity index (χ4n) is 2.62. The van der Waals surface area contributed by atoms with Crippen molar-refractivity contribution >= 4 is 22.6 Å². The van der Waals surface area contributed by atoms with Crippen LogP contribution in [-0.4, -0.2) is 35.8 Å². The van der Waals surface area contributed by atoms with E-state index < -0.39 is 0 Å². The van der Waals surface area contributed by atoms with Gasteiger partial charge in [-0.15, -0.1) is 0 Å². The number of nitrogens with one attached hydrogen (secondary N) is 2. The molecule has 2 aromatic rings. The molecule has 0 spiro atoms. The van der Waals surface area contributed by atoms with E-state index in [0.717, 1.165) is 54.5 Å². The molecule has 108 valence electrons. The molecule has 2 N–H and O–H groups in total. The molecule has 2 heterocycles. The standard InChI is InChI=1S/C15H20ClN3O/c16-11-5-6-13-14(9-11)19-15(18-13)4-1-7-17-12-3-2-8-20-10-12/h5-6,9,12,17H,1-4,7-8,10H2,(H,18,19). The van der Waals surface area contributed by atoms with Gasteiger partial charge in [-0.2, -0.15) is 0 Å². The first-order valence-electron chi connectivity index (χ1n) is 7.26. The molecule has 0 saturated carbocycles. The zero-order valence-electron chi connectivity index (χ0n) is 11.5. The summed E-state index contributed by atoms with van der Waals surface area (Å²) in [7, 11) is 0. The summed E-state index contributed by atoms with van der Waals surface area (Å²) in [5.74, 6) is 1.03. The molecule has 0 bridgehead atoms. The van der Waals surface area contributed by atoms with Gasteiger partial charge in [-0.25, -0.2) is 4.98 Å². The Bertz CT molecular complexity index is 563. The van der Waals surface area contributed by atoms with Gasteiger partial charge in [0.05, 0.1) is 17.6 Å². The number of benzene rings is 1. The van der Waals surface area contributed by atoms with Crippen molar-refractivity contribution < 1.29 is 4.74 Å². The lowest BCUT2D eigenvalue weighted by Crippen LogP contribution is -2.37. The van der Waals surface area contributed by atoms with Crippen LogP contribution in [0.15, 0.2) is 18.2 Å². The van der Waals surface area contributed by atoms with Crippen molar-refractivity contribution in [1.29, 1.82) is 0 Å². The maximum atomic E-state index is 5.97.